The largest absolute Gasteiger partial charge is 0.208 e. The summed E-state index contributed by atoms with van der Waals surface area (Å²) in [4.78, 5) is 15.4. The van der Waals surface area contributed by atoms with Crippen LogP contribution in [0.3, 0.4) is 0 Å². The first-order valence-electron chi connectivity index (χ1n) is 14.8. The van der Waals surface area contributed by atoms with E-state index in [0.29, 0.717) is 17.5 Å². The highest BCUT2D eigenvalue weighted by atomic mass is 15.0. The van der Waals surface area contributed by atoms with Crippen molar-refractivity contribution in [1.29, 1.82) is 0 Å². The Hall–Kier alpha value is -5.93. The van der Waals surface area contributed by atoms with Crippen LogP contribution in [0.1, 0.15) is 0 Å². The summed E-state index contributed by atoms with van der Waals surface area (Å²) in [6.45, 7) is 0. The molecule has 3 nitrogen and oxygen atoms in total. The first-order chi connectivity index (χ1) is 21.8. The van der Waals surface area contributed by atoms with E-state index in [-0.39, 0.29) is 0 Å². The van der Waals surface area contributed by atoms with Crippen LogP contribution in [-0.2, 0) is 0 Å². The maximum Gasteiger partial charge on any atom is 0.164 e. The lowest BCUT2D eigenvalue weighted by Crippen LogP contribution is -2.02. The van der Waals surface area contributed by atoms with Crippen molar-refractivity contribution >= 4 is 21.5 Å². The van der Waals surface area contributed by atoms with Gasteiger partial charge in [-0.1, -0.05) is 146 Å². The van der Waals surface area contributed by atoms with Crippen LogP contribution in [0.25, 0.3) is 78.0 Å². The fourth-order valence-corrected chi connectivity index (χ4v) is 5.98. The molecule has 0 fully saturated rings. The van der Waals surface area contributed by atoms with E-state index >= 15 is 0 Å². The number of nitrogens with zero attached hydrogens (tertiary/aromatic N) is 3. The summed E-state index contributed by atoms with van der Waals surface area (Å²) in [6, 6.07) is 56.9. The highest BCUT2D eigenvalue weighted by Gasteiger charge is 2.18. The minimum absolute atomic E-state index is 0.643. The molecule has 0 unspecified atom stereocenters. The molecular formula is C41H27N3. The average Bonchev–Trinajstić information content (AvgIpc) is 3.12. The molecule has 0 saturated heterocycles. The fraction of sp³-hybridized carbons (Fsp3) is 0. The molecule has 0 radical (unpaired) electrons. The Morgan fingerprint density at radius 2 is 0.795 bits per heavy atom. The zero-order valence-corrected chi connectivity index (χ0v) is 23.9. The van der Waals surface area contributed by atoms with Gasteiger partial charge in [0.1, 0.15) is 0 Å². The topological polar surface area (TPSA) is 38.7 Å². The van der Waals surface area contributed by atoms with Gasteiger partial charge in [0.05, 0.1) is 0 Å². The van der Waals surface area contributed by atoms with Gasteiger partial charge in [0, 0.05) is 16.7 Å². The molecule has 0 aliphatic carbocycles. The molecule has 44 heavy (non-hydrogen) atoms. The summed E-state index contributed by atoms with van der Waals surface area (Å²) in [7, 11) is 0. The number of rotatable bonds is 5. The Bertz CT molecular complexity index is 2260. The molecule has 8 aromatic rings. The molecule has 3 heteroatoms. The number of hydrogen-bond acceptors (Lipinski definition) is 3. The third-order valence-electron chi connectivity index (χ3n) is 8.13. The van der Waals surface area contributed by atoms with Crippen LogP contribution >= 0.6 is 0 Å². The van der Waals surface area contributed by atoms with Crippen molar-refractivity contribution < 1.29 is 0 Å². The standard InChI is InChI=1S/C41H27N3/c1-4-14-28(15-5-1)31-24-25-36(37(26-31)29-16-6-2-7-17-29)40-42-39(30-18-8-3-9-19-30)43-41(44-40)38-27-32-20-10-11-21-33(32)34-22-12-13-23-35(34)38/h1-27H. The highest BCUT2D eigenvalue weighted by molar-refractivity contribution is 6.13. The van der Waals surface area contributed by atoms with E-state index in [9.17, 15) is 0 Å². The second-order valence-electron chi connectivity index (χ2n) is 10.9. The molecule has 0 aliphatic rings. The smallest absolute Gasteiger partial charge is 0.164 e. The second-order valence-corrected chi connectivity index (χ2v) is 10.9. The highest BCUT2D eigenvalue weighted by Crippen LogP contribution is 2.38. The number of aromatic nitrogens is 3. The van der Waals surface area contributed by atoms with E-state index < -0.39 is 0 Å². The normalized spacial score (nSPS) is 11.2. The fourth-order valence-electron chi connectivity index (χ4n) is 5.98. The zero-order chi connectivity index (χ0) is 29.3. The van der Waals surface area contributed by atoms with Crippen molar-refractivity contribution in [3.8, 4) is 56.4 Å². The van der Waals surface area contributed by atoms with Gasteiger partial charge in [-0.3, -0.25) is 0 Å². The van der Waals surface area contributed by atoms with Crippen LogP contribution in [0.5, 0.6) is 0 Å². The Kier molecular flexibility index (Phi) is 6.47. The Labute approximate surface area is 256 Å². The van der Waals surface area contributed by atoms with Crippen molar-refractivity contribution in [3.05, 3.63) is 164 Å². The molecule has 0 aliphatic heterocycles. The lowest BCUT2D eigenvalue weighted by molar-refractivity contribution is 1.08. The Morgan fingerprint density at radius 1 is 0.273 bits per heavy atom. The predicted molar refractivity (Wildman–Crippen MR) is 182 cm³/mol. The van der Waals surface area contributed by atoms with E-state index in [0.717, 1.165) is 44.2 Å². The number of benzene rings is 7. The molecule has 1 heterocycles. The molecule has 1 aromatic heterocycles. The summed E-state index contributed by atoms with van der Waals surface area (Å²) in [5.41, 5.74) is 7.39. The van der Waals surface area contributed by atoms with Gasteiger partial charge in [0.25, 0.3) is 0 Å². The zero-order valence-electron chi connectivity index (χ0n) is 23.9. The Balaban J connectivity index is 1.41. The second kappa shape index (κ2) is 11.0. The predicted octanol–water partition coefficient (Wildman–Crippen LogP) is 10.5. The summed E-state index contributed by atoms with van der Waals surface area (Å²) in [5, 5.41) is 4.67. The lowest BCUT2D eigenvalue weighted by atomic mass is 9.94. The minimum Gasteiger partial charge on any atom is -0.208 e. The van der Waals surface area contributed by atoms with Gasteiger partial charge in [-0.05, 0) is 62.0 Å². The van der Waals surface area contributed by atoms with E-state index in [1.807, 2.05) is 30.3 Å². The van der Waals surface area contributed by atoms with Crippen LogP contribution in [0.4, 0.5) is 0 Å². The van der Waals surface area contributed by atoms with Gasteiger partial charge in [-0.15, -0.1) is 0 Å². The first-order valence-corrected chi connectivity index (χ1v) is 14.8. The maximum absolute atomic E-state index is 5.22. The van der Waals surface area contributed by atoms with Gasteiger partial charge in [0.15, 0.2) is 17.5 Å². The third-order valence-corrected chi connectivity index (χ3v) is 8.13. The van der Waals surface area contributed by atoms with Crippen molar-refractivity contribution in [2.75, 3.05) is 0 Å². The molecule has 0 spiro atoms. The van der Waals surface area contributed by atoms with Crippen LogP contribution in [-0.4, -0.2) is 15.0 Å². The van der Waals surface area contributed by atoms with Crippen LogP contribution < -0.4 is 0 Å². The summed E-state index contributed by atoms with van der Waals surface area (Å²) < 4.78 is 0. The average molecular weight is 562 g/mol. The summed E-state index contributed by atoms with van der Waals surface area (Å²) in [6.07, 6.45) is 0. The number of fused-ring (bicyclic) bond motifs is 3. The molecular weight excluding hydrogens is 534 g/mol. The van der Waals surface area contributed by atoms with E-state index in [1.165, 1.54) is 16.3 Å². The molecule has 0 atom stereocenters. The summed E-state index contributed by atoms with van der Waals surface area (Å²) in [5.74, 6) is 1.94. The molecule has 206 valence electrons. The van der Waals surface area contributed by atoms with E-state index in [2.05, 4.69) is 133 Å². The molecule has 0 N–H and O–H groups in total. The number of hydrogen-bond donors (Lipinski definition) is 0. The monoisotopic (exact) mass is 561 g/mol. The van der Waals surface area contributed by atoms with Crippen LogP contribution in [0.15, 0.2) is 164 Å². The molecule has 8 rings (SSSR count). The first kappa shape index (κ1) is 25.8. The van der Waals surface area contributed by atoms with Crippen molar-refractivity contribution in [1.82, 2.24) is 15.0 Å². The van der Waals surface area contributed by atoms with Crippen molar-refractivity contribution in [2.24, 2.45) is 0 Å². The van der Waals surface area contributed by atoms with Gasteiger partial charge in [-0.2, -0.15) is 0 Å². The van der Waals surface area contributed by atoms with Crippen LogP contribution in [0, 0.1) is 0 Å². The lowest BCUT2D eigenvalue weighted by Gasteiger charge is -2.15. The Morgan fingerprint density at radius 3 is 1.50 bits per heavy atom. The van der Waals surface area contributed by atoms with Gasteiger partial charge in [-0.25, -0.2) is 15.0 Å². The molecule has 0 saturated carbocycles. The van der Waals surface area contributed by atoms with Gasteiger partial charge in [0.2, 0.25) is 0 Å². The molecule has 7 aromatic carbocycles. The van der Waals surface area contributed by atoms with E-state index in [4.69, 9.17) is 15.0 Å². The van der Waals surface area contributed by atoms with Crippen LogP contribution in [0.2, 0.25) is 0 Å². The third kappa shape index (κ3) is 4.71. The van der Waals surface area contributed by atoms with Gasteiger partial charge >= 0.3 is 0 Å². The molecule has 0 amide bonds. The quantitative estimate of drug-likeness (QED) is 0.196. The molecule has 0 bridgehead atoms. The summed E-state index contributed by atoms with van der Waals surface area (Å²) >= 11 is 0. The van der Waals surface area contributed by atoms with Crippen molar-refractivity contribution in [3.63, 3.8) is 0 Å². The van der Waals surface area contributed by atoms with Gasteiger partial charge < -0.3 is 0 Å². The van der Waals surface area contributed by atoms with Crippen molar-refractivity contribution in [2.45, 2.75) is 0 Å². The van der Waals surface area contributed by atoms with E-state index in [1.54, 1.807) is 0 Å². The SMILES string of the molecule is c1ccc(-c2ccc(-c3nc(-c4ccccc4)nc(-c4cc5ccccc5c5ccccc45)n3)c(-c3ccccc3)c2)cc1. The minimum atomic E-state index is 0.643. The maximum atomic E-state index is 5.22.